The Morgan fingerprint density at radius 1 is 1.16 bits per heavy atom. The molecule has 0 unspecified atom stereocenters. The Morgan fingerprint density at radius 2 is 1.91 bits per heavy atom. The molecule has 2 aromatic carbocycles. The highest BCUT2D eigenvalue weighted by atomic mass is 16.5. The Hall–Kier alpha value is -3.01. The molecule has 1 aromatic heterocycles. The van der Waals surface area contributed by atoms with Crippen LogP contribution in [0.1, 0.15) is 45.1 Å². The first-order valence-corrected chi connectivity index (χ1v) is 11.5. The topological polar surface area (TPSA) is 34.5 Å². The molecule has 2 atom stereocenters. The summed E-state index contributed by atoms with van der Waals surface area (Å²) in [6.45, 7) is 9.90. The fraction of sp³-hybridized carbons (Fsp3) is 0.393. The van der Waals surface area contributed by atoms with E-state index in [1.54, 1.807) is 7.11 Å². The lowest BCUT2D eigenvalue weighted by molar-refractivity contribution is -0.137. The monoisotopic (exact) mass is 430 g/mol. The molecule has 0 aliphatic carbocycles. The van der Waals surface area contributed by atoms with Crippen LogP contribution in [0.25, 0.3) is 10.9 Å². The molecule has 0 spiro atoms. The summed E-state index contributed by atoms with van der Waals surface area (Å²) in [5.74, 6) is 1.11. The van der Waals surface area contributed by atoms with Gasteiger partial charge in [-0.05, 0) is 67.8 Å². The number of fused-ring (bicyclic) bond motifs is 1. The van der Waals surface area contributed by atoms with Gasteiger partial charge >= 0.3 is 0 Å². The van der Waals surface area contributed by atoms with Crippen LogP contribution in [0.2, 0.25) is 0 Å². The van der Waals surface area contributed by atoms with E-state index in [1.807, 2.05) is 12.1 Å². The minimum Gasteiger partial charge on any atom is -0.497 e. The maximum absolute atomic E-state index is 13.6. The van der Waals surface area contributed by atoms with Crippen LogP contribution in [-0.2, 0) is 17.9 Å². The number of likely N-dealkylation sites (tertiary alicyclic amines) is 1. The van der Waals surface area contributed by atoms with E-state index in [2.05, 4.69) is 78.6 Å². The van der Waals surface area contributed by atoms with Crippen molar-refractivity contribution in [1.29, 1.82) is 0 Å². The van der Waals surface area contributed by atoms with Crippen molar-refractivity contribution in [3.63, 3.8) is 0 Å². The average molecular weight is 431 g/mol. The van der Waals surface area contributed by atoms with Gasteiger partial charge in [0.25, 0.3) is 0 Å². The number of carbonyl (C=O) groups excluding carboxylic acids is 1. The largest absolute Gasteiger partial charge is 0.497 e. The van der Waals surface area contributed by atoms with Crippen LogP contribution in [0, 0.1) is 5.41 Å². The number of rotatable bonds is 9. The second-order valence-corrected chi connectivity index (χ2v) is 9.53. The molecule has 168 valence electrons. The second-order valence-electron chi connectivity index (χ2n) is 9.53. The zero-order valence-corrected chi connectivity index (χ0v) is 19.5. The summed E-state index contributed by atoms with van der Waals surface area (Å²) in [6.07, 6.45) is 5.78. The molecule has 4 heteroatoms. The molecule has 3 aromatic rings. The fourth-order valence-electron chi connectivity index (χ4n) is 5.13. The maximum atomic E-state index is 13.6. The lowest BCUT2D eigenvalue weighted by Gasteiger charge is -2.26. The highest BCUT2D eigenvalue weighted by molar-refractivity contribution is 5.85. The second kappa shape index (κ2) is 9.23. The molecule has 4 nitrogen and oxygen atoms in total. The number of nitrogens with zero attached hydrogens (tertiary/aromatic N) is 2. The summed E-state index contributed by atoms with van der Waals surface area (Å²) in [6, 6.07) is 18.9. The van der Waals surface area contributed by atoms with Crippen LogP contribution in [0.15, 0.2) is 72.9 Å². The summed E-state index contributed by atoms with van der Waals surface area (Å²) in [7, 11) is 1.67. The first-order valence-electron chi connectivity index (χ1n) is 11.5. The van der Waals surface area contributed by atoms with Gasteiger partial charge in [-0.3, -0.25) is 4.79 Å². The Kier molecular flexibility index (Phi) is 6.40. The van der Waals surface area contributed by atoms with Gasteiger partial charge in [-0.2, -0.15) is 0 Å². The number of amides is 1. The molecule has 0 bridgehead atoms. The number of hydrogen-bond acceptors (Lipinski definition) is 2. The van der Waals surface area contributed by atoms with Gasteiger partial charge in [0.05, 0.1) is 7.11 Å². The van der Waals surface area contributed by atoms with Crippen LogP contribution >= 0.6 is 0 Å². The summed E-state index contributed by atoms with van der Waals surface area (Å²) in [5.41, 5.74) is 3.20. The van der Waals surface area contributed by atoms with E-state index in [4.69, 9.17) is 4.74 Å². The SMILES string of the molecule is C=C(C)C[C@@H]1C[C@](C)(CCCn2ccc3ccccc32)C(=O)N1Cc1ccc(OC)cc1. The first-order chi connectivity index (χ1) is 15.4. The first kappa shape index (κ1) is 22.2. The highest BCUT2D eigenvalue weighted by Gasteiger charge is 2.47. The average Bonchev–Trinajstić information content (AvgIpc) is 3.29. The van der Waals surface area contributed by atoms with E-state index >= 15 is 0 Å². The molecule has 1 amide bonds. The molecule has 0 saturated carbocycles. The van der Waals surface area contributed by atoms with Crippen molar-refractivity contribution in [1.82, 2.24) is 9.47 Å². The molecule has 0 radical (unpaired) electrons. The lowest BCUT2D eigenvalue weighted by atomic mass is 9.81. The molecule has 1 fully saturated rings. The third-order valence-electron chi connectivity index (χ3n) is 6.81. The minimum absolute atomic E-state index is 0.208. The van der Waals surface area contributed by atoms with Crippen LogP contribution in [0.3, 0.4) is 0 Å². The van der Waals surface area contributed by atoms with Gasteiger partial charge in [0.1, 0.15) is 5.75 Å². The normalized spacial score (nSPS) is 20.8. The Morgan fingerprint density at radius 3 is 2.62 bits per heavy atom. The predicted molar refractivity (Wildman–Crippen MR) is 131 cm³/mol. The quantitative estimate of drug-likeness (QED) is 0.379. The Balaban J connectivity index is 1.46. The number of aromatic nitrogens is 1. The van der Waals surface area contributed by atoms with Crippen LogP contribution in [0.5, 0.6) is 5.75 Å². The summed E-state index contributed by atoms with van der Waals surface area (Å²) in [4.78, 5) is 15.7. The van der Waals surface area contributed by atoms with E-state index in [1.165, 1.54) is 10.9 Å². The highest BCUT2D eigenvalue weighted by Crippen LogP contribution is 2.42. The van der Waals surface area contributed by atoms with E-state index in [9.17, 15) is 4.79 Å². The van der Waals surface area contributed by atoms with Crippen molar-refractivity contribution in [3.05, 3.63) is 78.5 Å². The lowest BCUT2D eigenvalue weighted by Crippen LogP contribution is -2.35. The zero-order valence-electron chi connectivity index (χ0n) is 19.5. The van der Waals surface area contributed by atoms with Crippen molar-refractivity contribution in [2.45, 2.75) is 58.7 Å². The molecule has 2 heterocycles. The van der Waals surface area contributed by atoms with Crippen molar-refractivity contribution in [3.8, 4) is 5.75 Å². The fourth-order valence-corrected chi connectivity index (χ4v) is 5.13. The summed E-state index contributed by atoms with van der Waals surface area (Å²) in [5, 5.41) is 1.27. The third-order valence-corrected chi connectivity index (χ3v) is 6.81. The number of para-hydroxylation sites is 1. The molecule has 1 aliphatic heterocycles. The molecule has 32 heavy (non-hydrogen) atoms. The van der Waals surface area contributed by atoms with E-state index in [-0.39, 0.29) is 17.4 Å². The number of benzene rings is 2. The predicted octanol–water partition coefficient (Wildman–Crippen LogP) is 6.20. The number of hydrogen-bond donors (Lipinski definition) is 0. The Bertz CT molecular complexity index is 1100. The number of methoxy groups -OCH3 is 1. The van der Waals surface area contributed by atoms with Gasteiger partial charge in [0.2, 0.25) is 5.91 Å². The number of aryl methyl sites for hydroxylation is 1. The van der Waals surface area contributed by atoms with Gasteiger partial charge in [0.15, 0.2) is 0 Å². The van der Waals surface area contributed by atoms with Gasteiger partial charge < -0.3 is 14.2 Å². The van der Waals surface area contributed by atoms with E-state index < -0.39 is 0 Å². The Labute approximate surface area is 191 Å². The number of carbonyl (C=O) groups is 1. The molecule has 1 aliphatic rings. The van der Waals surface area contributed by atoms with Crippen molar-refractivity contribution in [2.24, 2.45) is 5.41 Å². The summed E-state index contributed by atoms with van der Waals surface area (Å²) < 4.78 is 7.58. The summed E-state index contributed by atoms with van der Waals surface area (Å²) >= 11 is 0. The van der Waals surface area contributed by atoms with E-state index in [0.717, 1.165) is 49.1 Å². The van der Waals surface area contributed by atoms with Crippen LogP contribution in [0.4, 0.5) is 0 Å². The van der Waals surface area contributed by atoms with Gasteiger partial charge in [-0.25, -0.2) is 0 Å². The van der Waals surface area contributed by atoms with Gasteiger partial charge in [0, 0.05) is 36.3 Å². The van der Waals surface area contributed by atoms with Crippen molar-refractivity contribution < 1.29 is 9.53 Å². The van der Waals surface area contributed by atoms with Crippen molar-refractivity contribution in [2.75, 3.05) is 7.11 Å². The van der Waals surface area contributed by atoms with E-state index in [0.29, 0.717) is 6.54 Å². The molecular formula is C28H34N2O2. The van der Waals surface area contributed by atoms with Gasteiger partial charge in [-0.1, -0.05) is 42.8 Å². The zero-order chi connectivity index (χ0) is 22.7. The maximum Gasteiger partial charge on any atom is 0.229 e. The standard InChI is InChI=1S/C28H34N2O2/c1-21(2)18-24-19-28(3,15-7-16-29-17-14-23-8-5-6-9-26(23)29)27(31)30(24)20-22-10-12-25(32-4)13-11-22/h5-6,8-14,17,24H,1,7,15-16,18-20H2,2-4H3/t24-,28+/m1/s1. The molecule has 1 saturated heterocycles. The smallest absolute Gasteiger partial charge is 0.229 e. The van der Waals surface area contributed by atoms with Crippen LogP contribution < -0.4 is 4.74 Å². The number of ether oxygens (including phenoxy) is 1. The third kappa shape index (κ3) is 4.59. The van der Waals surface area contributed by atoms with Gasteiger partial charge in [-0.15, -0.1) is 6.58 Å². The molecule has 0 N–H and O–H groups in total. The van der Waals surface area contributed by atoms with Crippen LogP contribution in [-0.4, -0.2) is 28.5 Å². The van der Waals surface area contributed by atoms with Crippen molar-refractivity contribution >= 4 is 16.8 Å². The molecule has 4 rings (SSSR count). The minimum atomic E-state index is -0.324. The molecular weight excluding hydrogens is 396 g/mol.